The standard InChI is InChI=1S/C28H24Cl2N2O2/c1-4-19-8-5-7-17(2)26(19)31-28(34)25-24(33)15-18(3)32(23-13-11-21(29)12-14-23)27(25)20-9-6-10-22(30)16-20/h5-16H,4H2,1-3H3,(H,31,34). The second-order valence-corrected chi connectivity index (χ2v) is 8.99. The van der Waals surface area contributed by atoms with Crippen LogP contribution in [0.5, 0.6) is 0 Å². The molecule has 0 spiro atoms. The molecule has 1 heterocycles. The Morgan fingerprint density at radius 1 is 0.912 bits per heavy atom. The number of halogens is 2. The van der Waals surface area contributed by atoms with Crippen LogP contribution in [0.2, 0.25) is 10.0 Å². The van der Waals surface area contributed by atoms with E-state index in [0.717, 1.165) is 28.9 Å². The van der Waals surface area contributed by atoms with Crippen molar-refractivity contribution in [3.63, 3.8) is 0 Å². The molecule has 0 saturated heterocycles. The van der Waals surface area contributed by atoms with Gasteiger partial charge in [-0.1, -0.05) is 60.5 Å². The van der Waals surface area contributed by atoms with Crippen LogP contribution in [0.4, 0.5) is 5.69 Å². The third-order valence-electron chi connectivity index (χ3n) is 5.79. The molecule has 4 nitrogen and oxygen atoms in total. The lowest BCUT2D eigenvalue weighted by Crippen LogP contribution is -2.27. The summed E-state index contributed by atoms with van der Waals surface area (Å²) in [5.74, 6) is -0.466. The summed E-state index contributed by atoms with van der Waals surface area (Å²) in [6.07, 6.45) is 0.751. The number of rotatable bonds is 5. The smallest absolute Gasteiger partial charge is 0.261 e. The van der Waals surface area contributed by atoms with Gasteiger partial charge in [-0.2, -0.15) is 0 Å². The van der Waals surface area contributed by atoms with Gasteiger partial charge in [0.25, 0.3) is 5.91 Å². The van der Waals surface area contributed by atoms with Gasteiger partial charge >= 0.3 is 0 Å². The molecule has 4 rings (SSSR count). The van der Waals surface area contributed by atoms with E-state index in [4.69, 9.17) is 23.2 Å². The van der Waals surface area contributed by atoms with Crippen molar-refractivity contribution in [3.8, 4) is 16.9 Å². The Bertz CT molecular complexity index is 1440. The highest BCUT2D eigenvalue weighted by atomic mass is 35.5. The Morgan fingerprint density at radius 2 is 1.62 bits per heavy atom. The van der Waals surface area contributed by atoms with Gasteiger partial charge in [-0.25, -0.2) is 0 Å². The lowest BCUT2D eigenvalue weighted by Gasteiger charge is -2.21. The van der Waals surface area contributed by atoms with E-state index in [1.165, 1.54) is 6.07 Å². The number of aromatic nitrogens is 1. The van der Waals surface area contributed by atoms with Crippen LogP contribution in [0, 0.1) is 13.8 Å². The topological polar surface area (TPSA) is 51.1 Å². The number of nitrogens with one attached hydrogen (secondary N) is 1. The van der Waals surface area contributed by atoms with E-state index < -0.39 is 5.91 Å². The molecule has 0 aliphatic carbocycles. The molecule has 34 heavy (non-hydrogen) atoms. The van der Waals surface area contributed by atoms with Gasteiger partial charge in [0.15, 0.2) is 5.43 Å². The Labute approximate surface area is 208 Å². The first-order valence-electron chi connectivity index (χ1n) is 11.0. The molecule has 1 amide bonds. The number of carbonyl (C=O) groups excluding carboxylic acids is 1. The van der Waals surface area contributed by atoms with Crippen molar-refractivity contribution in [2.75, 3.05) is 5.32 Å². The maximum Gasteiger partial charge on any atom is 0.261 e. The molecule has 1 aromatic heterocycles. The van der Waals surface area contributed by atoms with Crippen LogP contribution in [-0.4, -0.2) is 10.5 Å². The van der Waals surface area contributed by atoms with Crippen molar-refractivity contribution in [3.05, 3.63) is 115 Å². The van der Waals surface area contributed by atoms with E-state index in [-0.39, 0.29) is 11.0 Å². The number of carbonyl (C=O) groups is 1. The first kappa shape index (κ1) is 23.8. The van der Waals surface area contributed by atoms with Gasteiger partial charge in [0, 0.05) is 38.7 Å². The highest BCUT2D eigenvalue weighted by molar-refractivity contribution is 6.31. The molecule has 4 aromatic rings. The summed E-state index contributed by atoms with van der Waals surface area (Å²) in [7, 11) is 0. The van der Waals surface area contributed by atoms with Crippen LogP contribution in [0.25, 0.3) is 16.9 Å². The molecule has 0 aliphatic heterocycles. The zero-order valence-electron chi connectivity index (χ0n) is 19.2. The van der Waals surface area contributed by atoms with Gasteiger partial charge < -0.3 is 9.88 Å². The van der Waals surface area contributed by atoms with Gasteiger partial charge in [-0.3, -0.25) is 9.59 Å². The largest absolute Gasteiger partial charge is 0.321 e. The number of aryl methyl sites for hydroxylation is 3. The molecule has 172 valence electrons. The zero-order valence-corrected chi connectivity index (χ0v) is 20.7. The highest BCUT2D eigenvalue weighted by Crippen LogP contribution is 2.30. The summed E-state index contributed by atoms with van der Waals surface area (Å²) in [6, 6.07) is 21.8. The third kappa shape index (κ3) is 4.65. The Balaban J connectivity index is 1.99. The van der Waals surface area contributed by atoms with Gasteiger partial charge in [-0.05, 0) is 67.8 Å². The Kier molecular flexibility index (Phi) is 6.92. The van der Waals surface area contributed by atoms with Crippen molar-refractivity contribution in [1.29, 1.82) is 0 Å². The fraction of sp³-hybridized carbons (Fsp3) is 0.143. The summed E-state index contributed by atoms with van der Waals surface area (Å²) in [5.41, 5.74) is 4.94. The van der Waals surface area contributed by atoms with E-state index in [9.17, 15) is 9.59 Å². The van der Waals surface area contributed by atoms with Gasteiger partial charge in [0.05, 0.1) is 5.69 Å². The minimum absolute atomic E-state index is 0.0492. The molecule has 0 atom stereocenters. The van der Waals surface area contributed by atoms with E-state index in [1.54, 1.807) is 30.3 Å². The number of pyridine rings is 1. The summed E-state index contributed by atoms with van der Waals surface area (Å²) in [6.45, 7) is 5.80. The van der Waals surface area contributed by atoms with Crippen molar-refractivity contribution in [1.82, 2.24) is 4.57 Å². The number of hydrogen-bond donors (Lipinski definition) is 1. The highest BCUT2D eigenvalue weighted by Gasteiger charge is 2.24. The molecule has 0 unspecified atom stereocenters. The van der Waals surface area contributed by atoms with Crippen LogP contribution in [0.1, 0.15) is 34.1 Å². The SMILES string of the molecule is CCc1cccc(C)c1NC(=O)c1c(-c2cccc(Cl)c2)n(-c2ccc(Cl)cc2)c(C)cc1=O. The average Bonchev–Trinajstić information content (AvgIpc) is 2.80. The van der Waals surface area contributed by atoms with Crippen molar-refractivity contribution in [2.45, 2.75) is 27.2 Å². The Morgan fingerprint density at radius 3 is 2.29 bits per heavy atom. The number of amides is 1. The number of anilines is 1. The predicted molar refractivity (Wildman–Crippen MR) is 141 cm³/mol. The summed E-state index contributed by atoms with van der Waals surface area (Å²) in [5, 5.41) is 4.11. The molecule has 0 bridgehead atoms. The van der Waals surface area contributed by atoms with Crippen LogP contribution in [-0.2, 0) is 6.42 Å². The molecule has 0 radical (unpaired) electrons. The molecule has 0 saturated carbocycles. The van der Waals surface area contributed by atoms with Crippen LogP contribution in [0.15, 0.2) is 77.6 Å². The summed E-state index contributed by atoms with van der Waals surface area (Å²) < 4.78 is 1.89. The van der Waals surface area contributed by atoms with E-state index in [1.807, 2.05) is 61.7 Å². The molecular formula is C28H24Cl2N2O2. The first-order valence-corrected chi connectivity index (χ1v) is 11.7. The summed E-state index contributed by atoms with van der Waals surface area (Å²) >= 11 is 12.4. The van der Waals surface area contributed by atoms with Gasteiger partial charge in [0.1, 0.15) is 5.56 Å². The third-order valence-corrected chi connectivity index (χ3v) is 6.28. The van der Waals surface area contributed by atoms with E-state index in [2.05, 4.69) is 5.32 Å². The number of nitrogens with zero attached hydrogens (tertiary/aromatic N) is 1. The van der Waals surface area contributed by atoms with Crippen molar-refractivity contribution in [2.24, 2.45) is 0 Å². The normalized spacial score (nSPS) is 10.9. The van der Waals surface area contributed by atoms with E-state index >= 15 is 0 Å². The summed E-state index contributed by atoms with van der Waals surface area (Å²) in [4.78, 5) is 27.0. The van der Waals surface area contributed by atoms with Crippen LogP contribution in [0.3, 0.4) is 0 Å². The van der Waals surface area contributed by atoms with Crippen molar-refractivity contribution < 1.29 is 4.79 Å². The second-order valence-electron chi connectivity index (χ2n) is 8.11. The average molecular weight is 491 g/mol. The number of benzene rings is 3. The molecule has 1 N–H and O–H groups in total. The Hall–Kier alpha value is -3.34. The molecule has 0 aliphatic rings. The lowest BCUT2D eigenvalue weighted by atomic mass is 10.0. The van der Waals surface area contributed by atoms with Gasteiger partial charge in [-0.15, -0.1) is 0 Å². The van der Waals surface area contributed by atoms with Crippen molar-refractivity contribution >= 4 is 34.8 Å². The van der Waals surface area contributed by atoms with Gasteiger partial charge in [0.2, 0.25) is 0 Å². The first-order chi connectivity index (χ1) is 16.3. The number of hydrogen-bond acceptors (Lipinski definition) is 2. The maximum atomic E-state index is 13.7. The van der Waals surface area contributed by atoms with Crippen LogP contribution < -0.4 is 10.7 Å². The molecule has 3 aromatic carbocycles. The molecular weight excluding hydrogens is 467 g/mol. The minimum atomic E-state index is -0.466. The fourth-order valence-corrected chi connectivity index (χ4v) is 4.48. The molecule has 0 fully saturated rings. The number of para-hydroxylation sites is 1. The zero-order chi connectivity index (χ0) is 24.4. The lowest BCUT2D eigenvalue weighted by molar-refractivity contribution is 0.102. The molecule has 6 heteroatoms. The monoisotopic (exact) mass is 490 g/mol. The predicted octanol–water partition coefficient (Wildman–Crippen LogP) is 7.24. The van der Waals surface area contributed by atoms with Crippen LogP contribution >= 0.6 is 23.2 Å². The minimum Gasteiger partial charge on any atom is -0.321 e. The van der Waals surface area contributed by atoms with E-state index in [0.29, 0.717) is 27.0 Å². The maximum absolute atomic E-state index is 13.7. The fourth-order valence-electron chi connectivity index (χ4n) is 4.16. The second kappa shape index (κ2) is 9.88. The quantitative estimate of drug-likeness (QED) is 0.320.